The van der Waals surface area contributed by atoms with Crippen LogP contribution in [0.25, 0.3) is 0 Å². The molecule has 0 amide bonds. The number of hydrogen-bond donors (Lipinski definition) is 1. The third-order valence-electron chi connectivity index (χ3n) is 5.06. The van der Waals surface area contributed by atoms with Gasteiger partial charge in [-0.15, -0.1) is 0 Å². The standard InChI is InChI=1S/C18H29ClN2/c1-15(16-7-9-17(19)10-8-16)21(3)14-18(13-20-2)11-5-4-6-12-18/h7-10,15,20H,4-6,11-14H2,1-3H3. The molecule has 1 fully saturated rings. The van der Waals surface area contributed by atoms with E-state index in [9.17, 15) is 0 Å². The minimum absolute atomic E-state index is 0.429. The second-order valence-electron chi connectivity index (χ2n) is 6.73. The van der Waals surface area contributed by atoms with Gasteiger partial charge in [-0.3, -0.25) is 4.90 Å². The molecular weight excluding hydrogens is 280 g/mol. The predicted octanol–water partition coefficient (Wildman–Crippen LogP) is 4.50. The van der Waals surface area contributed by atoms with Crippen molar-refractivity contribution in [3.63, 3.8) is 0 Å². The molecule has 118 valence electrons. The van der Waals surface area contributed by atoms with Gasteiger partial charge in [0.25, 0.3) is 0 Å². The van der Waals surface area contributed by atoms with Crippen molar-refractivity contribution in [2.75, 3.05) is 27.2 Å². The van der Waals surface area contributed by atoms with Crippen LogP contribution in [0, 0.1) is 5.41 Å². The maximum Gasteiger partial charge on any atom is 0.0406 e. The minimum atomic E-state index is 0.429. The molecule has 1 aromatic rings. The molecule has 1 aromatic carbocycles. The van der Waals surface area contributed by atoms with Crippen molar-refractivity contribution >= 4 is 11.6 Å². The molecule has 21 heavy (non-hydrogen) atoms. The molecule has 2 nitrogen and oxygen atoms in total. The van der Waals surface area contributed by atoms with Crippen LogP contribution < -0.4 is 5.32 Å². The van der Waals surface area contributed by atoms with Crippen molar-refractivity contribution in [2.24, 2.45) is 5.41 Å². The average Bonchev–Trinajstić information content (AvgIpc) is 2.48. The number of benzene rings is 1. The summed E-state index contributed by atoms with van der Waals surface area (Å²) in [6.45, 7) is 4.58. The lowest BCUT2D eigenvalue weighted by molar-refractivity contribution is 0.0989. The highest BCUT2D eigenvalue weighted by atomic mass is 35.5. The van der Waals surface area contributed by atoms with Gasteiger partial charge in [-0.25, -0.2) is 0 Å². The lowest BCUT2D eigenvalue weighted by Crippen LogP contribution is -2.44. The van der Waals surface area contributed by atoms with Gasteiger partial charge in [0.15, 0.2) is 0 Å². The van der Waals surface area contributed by atoms with Gasteiger partial charge in [-0.2, -0.15) is 0 Å². The summed E-state index contributed by atoms with van der Waals surface area (Å²) in [6, 6.07) is 8.71. The number of nitrogens with one attached hydrogen (secondary N) is 1. The fourth-order valence-corrected chi connectivity index (χ4v) is 3.86. The zero-order valence-corrected chi connectivity index (χ0v) is 14.4. The Morgan fingerprint density at radius 2 is 1.81 bits per heavy atom. The monoisotopic (exact) mass is 308 g/mol. The molecule has 1 atom stereocenters. The Hall–Kier alpha value is -0.570. The summed E-state index contributed by atoms with van der Waals surface area (Å²) in [7, 11) is 4.34. The van der Waals surface area contributed by atoms with Gasteiger partial charge in [0.1, 0.15) is 0 Å². The number of rotatable bonds is 6. The Labute approximate surface area is 134 Å². The average molecular weight is 309 g/mol. The van der Waals surface area contributed by atoms with Gasteiger partial charge in [0, 0.05) is 24.2 Å². The van der Waals surface area contributed by atoms with Crippen LogP contribution in [-0.2, 0) is 0 Å². The van der Waals surface area contributed by atoms with Crippen LogP contribution in [0.4, 0.5) is 0 Å². The Morgan fingerprint density at radius 1 is 1.19 bits per heavy atom. The molecule has 0 radical (unpaired) electrons. The smallest absolute Gasteiger partial charge is 0.0406 e. The van der Waals surface area contributed by atoms with E-state index in [1.54, 1.807) is 0 Å². The first kappa shape index (κ1) is 16.8. The van der Waals surface area contributed by atoms with Crippen LogP contribution in [0.15, 0.2) is 24.3 Å². The van der Waals surface area contributed by atoms with Crippen molar-refractivity contribution in [2.45, 2.75) is 45.1 Å². The van der Waals surface area contributed by atoms with Crippen molar-refractivity contribution in [1.82, 2.24) is 10.2 Å². The first-order chi connectivity index (χ1) is 10.1. The molecule has 0 aliphatic heterocycles. The van der Waals surface area contributed by atoms with Gasteiger partial charge in [0.2, 0.25) is 0 Å². The minimum Gasteiger partial charge on any atom is -0.319 e. The molecule has 1 aliphatic carbocycles. The van der Waals surface area contributed by atoms with Crippen LogP contribution in [0.3, 0.4) is 0 Å². The van der Waals surface area contributed by atoms with E-state index in [0.717, 1.165) is 18.1 Å². The fourth-order valence-electron chi connectivity index (χ4n) is 3.73. The molecule has 0 aromatic heterocycles. The number of nitrogens with zero attached hydrogens (tertiary/aromatic N) is 1. The van der Waals surface area contributed by atoms with Crippen LogP contribution >= 0.6 is 11.6 Å². The van der Waals surface area contributed by atoms with Gasteiger partial charge in [0.05, 0.1) is 0 Å². The third-order valence-corrected chi connectivity index (χ3v) is 5.32. The molecule has 2 rings (SSSR count). The molecule has 0 spiro atoms. The molecule has 1 unspecified atom stereocenters. The van der Waals surface area contributed by atoms with E-state index in [4.69, 9.17) is 11.6 Å². The van der Waals surface area contributed by atoms with E-state index >= 15 is 0 Å². The summed E-state index contributed by atoms with van der Waals surface area (Å²) < 4.78 is 0. The SMILES string of the molecule is CNCC1(CN(C)C(C)c2ccc(Cl)cc2)CCCCC1. The van der Waals surface area contributed by atoms with Crippen molar-refractivity contribution in [3.05, 3.63) is 34.9 Å². The summed E-state index contributed by atoms with van der Waals surface area (Å²) in [6.07, 6.45) is 6.87. The molecule has 1 N–H and O–H groups in total. The quantitative estimate of drug-likeness (QED) is 0.832. The normalized spacial score (nSPS) is 19.7. The lowest BCUT2D eigenvalue weighted by atomic mass is 9.73. The van der Waals surface area contributed by atoms with Gasteiger partial charge < -0.3 is 5.32 Å². The van der Waals surface area contributed by atoms with Crippen molar-refractivity contribution in [3.8, 4) is 0 Å². The molecule has 3 heteroatoms. The maximum absolute atomic E-state index is 5.99. The second-order valence-corrected chi connectivity index (χ2v) is 7.17. The van der Waals surface area contributed by atoms with E-state index in [0.29, 0.717) is 11.5 Å². The number of halogens is 1. The van der Waals surface area contributed by atoms with Gasteiger partial charge >= 0.3 is 0 Å². The second kappa shape index (κ2) is 7.62. The first-order valence-electron chi connectivity index (χ1n) is 8.17. The Kier molecular flexibility index (Phi) is 6.09. The summed E-state index contributed by atoms with van der Waals surface area (Å²) in [5, 5.41) is 4.24. The number of hydrogen-bond acceptors (Lipinski definition) is 2. The van der Waals surface area contributed by atoms with Crippen molar-refractivity contribution < 1.29 is 0 Å². The van der Waals surface area contributed by atoms with Crippen LogP contribution in [0.5, 0.6) is 0 Å². The van der Waals surface area contributed by atoms with E-state index < -0.39 is 0 Å². The third kappa shape index (κ3) is 4.45. The topological polar surface area (TPSA) is 15.3 Å². The Bertz CT molecular complexity index is 418. The summed E-state index contributed by atoms with van der Waals surface area (Å²) in [4.78, 5) is 2.51. The Morgan fingerprint density at radius 3 is 2.38 bits per heavy atom. The van der Waals surface area contributed by atoms with Crippen LogP contribution in [-0.4, -0.2) is 32.1 Å². The highest BCUT2D eigenvalue weighted by Crippen LogP contribution is 2.37. The molecule has 1 saturated carbocycles. The zero-order valence-electron chi connectivity index (χ0n) is 13.7. The summed E-state index contributed by atoms with van der Waals surface area (Å²) in [5.74, 6) is 0. The molecule has 0 bridgehead atoms. The predicted molar refractivity (Wildman–Crippen MR) is 91.9 cm³/mol. The largest absolute Gasteiger partial charge is 0.319 e. The van der Waals surface area contributed by atoms with Crippen LogP contribution in [0.2, 0.25) is 5.02 Å². The molecular formula is C18H29ClN2. The van der Waals surface area contributed by atoms with E-state index in [1.807, 2.05) is 12.1 Å². The van der Waals surface area contributed by atoms with E-state index in [2.05, 4.69) is 43.4 Å². The molecule has 1 aliphatic rings. The zero-order chi connectivity index (χ0) is 15.3. The molecule has 0 heterocycles. The summed E-state index contributed by atoms with van der Waals surface area (Å²) in [5.41, 5.74) is 1.79. The maximum atomic E-state index is 5.99. The van der Waals surface area contributed by atoms with Crippen LogP contribution in [0.1, 0.15) is 50.6 Å². The summed E-state index contributed by atoms with van der Waals surface area (Å²) >= 11 is 5.99. The highest BCUT2D eigenvalue weighted by Gasteiger charge is 2.33. The van der Waals surface area contributed by atoms with Gasteiger partial charge in [-0.1, -0.05) is 43.0 Å². The van der Waals surface area contributed by atoms with E-state index in [1.165, 1.54) is 37.7 Å². The van der Waals surface area contributed by atoms with Crippen molar-refractivity contribution in [1.29, 1.82) is 0 Å². The van der Waals surface area contributed by atoms with Gasteiger partial charge in [-0.05, 0) is 57.0 Å². The Balaban J connectivity index is 2.03. The molecule has 0 saturated heterocycles. The first-order valence-corrected chi connectivity index (χ1v) is 8.54. The lowest BCUT2D eigenvalue weighted by Gasteiger charge is -2.42. The highest BCUT2D eigenvalue weighted by molar-refractivity contribution is 6.30. The van der Waals surface area contributed by atoms with E-state index in [-0.39, 0.29) is 0 Å². The fraction of sp³-hybridized carbons (Fsp3) is 0.667.